The van der Waals surface area contributed by atoms with Gasteiger partial charge in [0.05, 0.1) is 0 Å². The van der Waals surface area contributed by atoms with Crippen molar-refractivity contribution in [1.29, 1.82) is 0 Å². The molecule has 0 amide bonds. The van der Waals surface area contributed by atoms with Crippen LogP contribution in [0.15, 0.2) is 0 Å². The van der Waals surface area contributed by atoms with Crippen molar-refractivity contribution >= 4 is 13.5 Å². The van der Waals surface area contributed by atoms with Gasteiger partial charge in [0.25, 0.3) is 0 Å². The molecule has 1 aromatic rings. The van der Waals surface area contributed by atoms with Gasteiger partial charge in [-0.3, -0.25) is 0 Å². The molecule has 1 heterocycles. The Balaban J connectivity index is -0.000000270. The van der Waals surface area contributed by atoms with Crippen LogP contribution in [-0.2, 0) is 54.3 Å². The molecule has 0 aliphatic rings. The molecule has 5 heteroatoms. The van der Waals surface area contributed by atoms with Gasteiger partial charge in [0.1, 0.15) is 0 Å². The van der Waals surface area contributed by atoms with Crippen molar-refractivity contribution in [2.45, 2.75) is 26.7 Å². The average molecular weight is 528 g/mol. The maximum atomic E-state index is 3.83. The van der Waals surface area contributed by atoms with Gasteiger partial charge in [-0.05, 0) is 0 Å². The minimum Gasteiger partial charge on any atom is -0.813 e. The number of nitrogens with zero attached hydrogens (tertiary/aromatic N) is 2. The van der Waals surface area contributed by atoms with Crippen LogP contribution < -0.4 is 5.10 Å². The van der Waals surface area contributed by atoms with Crippen LogP contribution in [-0.4, -0.2) is 5.10 Å². The van der Waals surface area contributed by atoms with Gasteiger partial charge in [-0.1, -0.05) is 19.8 Å². The maximum Gasteiger partial charge on any atom is 0 e. The maximum absolute atomic E-state index is 3.83. The van der Waals surface area contributed by atoms with Crippen LogP contribution in [0.5, 0.6) is 0 Å². The Labute approximate surface area is 108 Å². The standard InChI is InChI=1S/C7H10N2.2Re.H2S/c1-5(2)7-4-8-9-6(7)3;;;/h5H,1-3H3;;;1H2/q-2;;;/p-1. The number of hydrogen-bond donors (Lipinski definition) is 0. The van der Waals surface area contributed by atoms with Crippen LogP contribution >= 0.6 is 0 Å². The number of thiol groups is 1. The first kappa shape index (κ1) is 18.6. The molecular formula is C7H11N2Re2S-3. The van der Waals surface area contributed by atoms with E-state index in [2.05, 4.69) is 30.2 Å². The Morgan fingerprint density at radius 2 is 1.83 bits per heavy atom. The van der Waals surface area contributed by atoms with Crippen molar-refractivity contribution in [2.24, 2.45) is 0 Å². The van der Waals surface area contributed by atoms with Gasteiger partial charge in [-0.25, -0.2) is 5.56 Å². The van der Waals surface area contributed by atoms with E-state index in [4.69, 9.17) is 0 Å². The minimum absolute atomic E-state index is 0. The molecule has 0 bridgehead atoms. The van der Waals surface area contributed by atoms with Crippen LogP contribution in [0, 0.1) is 13.1 Å². The van der Waals surface area contributed by atoms with Gasteiger partial charge in [-0.2, -0.15) is 6.20 Å². The molecule has 0 aliphatic carbocycles. The molecule has 0 atom stereocenters. The first-order chi connectivity index (χ1) is 4.22. The SMILES string of the molecule is Cc1[n-]n[c-]c1C(C)C.[Re].[Re].[SH-]. The zero-order chi connectivity index (χ0) is 6.85. The van der Waals surface area contributed by atoms with E-state index in [-0.39, 0.29) is 54.3 Å². The van der Waals surface area contributed by atoms with Crippen molar-refractivity contribution in [3.05, 3.63) is 17.5 Å². The fourth-order valence-electron chi connectivity index (χ4n) is 0.836. The molecule has 12 heavy (non-hydrogen) atoms. The van der Waals surface area contributed by atoms with Crippen molar-refractivity contribution < 1.29 is 40.8 Å². The van der Waals surface area contributed by atoms with Gasteiger partial charge in [0.2, 0.25) is 0 Å². The molecule has 1 aromatic heterocycles. The first-order valence-electron chi connectivity index (χ1n) is 3.09. The smallest absolute Gasteiger partial charge is 0 e. The third-order valence-corrected chi connectivity index (χ3v) is 1.34. The second kappa shape index (κ2) is 8.48. The average Bonchev–Trinajstić information content (AvgIpc) is 2.13. The summed E-state index contributed by atoms with van der Waals surface area (Å²) in [5.74, 6) is 0.500. The molecule has 0 aromatic carbocycles. The molecule has 0 fully saturated rings. The molecule has 0 aliphatic heterocycles. The van der Waals surface area contributed by atoms with Gasteiger partial charge >= 0.3 is 0 Å². The zero-order valence-electron chi connectivity index (χ0n) is 7.17. The first-order valence-corrected chi connectivity index (χ1v) is 3.09. The fourth-order valence-corrected chi connectivity index (χ4v) is 0.836. The summed E-state index contributed by atoms with van der Waals surface area (Å²) in [5.41, 5.74) is 2.14. The predicted molar refractivity (Wildman–Crippen MR) is 44.0 cm³/mol. The number of rotatable bonds is 1. The summed E-state index contributed by atoms with van der Waals surface area (Å²) >= 11 is 0. The van der Waals surface area contributed by atoms with E-state index in [9.17, 15) is 0 Å². The van der Waals surface area contributed by atoms with E-state index in [0.717, 1.165) is 11.3 Å². The largest absolute Gasteiger partial charge is 0.813 e. The predicted octanol–water partition coefficient (Wildman–Crippen LogP) is 0.996. The van der Waals surface area contributed by atoms with Crippen molar-refractivity contribution in [3.63, 3.8) is 0 Å². The van der Waals surface area contributed by atoms with Crippen molar-refractivity contribution in [3.8, 4) is 0 Å². The van der Waals surface area contributed by atoms with Gasteiger partial charge in [0.15, 0.2) is 0 Å². The molecule has 2 radical (unpaired) electrons. The summed E-state index contributed by atoms with van der Waals surface area (Å²) in [7, 11) is 0. The number of hydrogen-bond acceptors (Lipinski definition) is 2. The van der Waals surface area contributed by atoms with E-state index in [0.29, 0.717) is 5.92 Å². The van der Waals surface area contributed by atoms with Crippen LogP contribution in [0.4, 0.5) is 0 Å². The number of aromatic nitrogens is 2. The van der Waals surface area contributed by atoms with Crippen LogP contribution in [0.3, 0.4) is 0 Å². The third kappa shape index (κ3) is 4.80. The second-order valence-electron chi connectivity index (χ2n) is 2.47. The van der Waals surface area contributed by atoms with Gasteiger partial charge in [0, 0.05) is 40.8 Å². The summed E-state index contributed by atoms with van der Waals surface area (Å²) < 4.78 is 0. The molecule has 0 saturated heterocycles. The van der Waals surface area contributed by atoms with Crippen LogP contribution in [0.25, 0.3) is 0 Å². The third-order valence-electron chi connectivity index (χ3n) is 1.34. The Bertz CT molecular complexity index is 201. The van der Waals surface area contributed by atoms with E-state index in [1.807, 2.05) is 6.92 Å². The molecule has 72 valence electrons. The summed E-state index contributed by atoms with van der Waals surface area (Å²) in [6, 6.07) is 0. The molecular weight excluding hydrogens is 517 g/mol. The van der Waals surface area contributed by atoms with E-state index in [1.165, 1.54) is 0 Å². The summed E-state index contributed by atoms with van der Waals surface area (Å²) in [5, 5.41) is 7.50. The molecule has 0 unspecified atom stereocenters. The Hall–Kier alpha value is 0.885. The summed E-state index contributed by atoms with van der Waals surface area (Å²) in [4.78, 5) is 0. The zero-order valence-corrected chi connectivity index (χ0v) is 13.5. The van der Waals surface area contributed by atoms with E-state index < -0.39 is 0 Å². The minimum atomic E-state index is 0. The van der Waals surface area contributed by atoms with Crippen molar-refractivity contribution in [2.75, 3.05) is 0 Å². The van der Waals surface area contributed by atoms with Crippen LogP contribution in [0.2, 0.25) is 0 Å². The van der Waals surface area contributed by atoms with Crippen LogP contribution in [0.1, 0.15) is 31.0 Å². The summed E-state index contributed by atoms with van der Waals surface area (Å²) in [6.07, 6.45) is 2.84. The Morgan fingerprint density at radius 3 is 2.00 bits per heavy atom. The molecule has 0 N–H and O–H groups in total. The molecule has 0 saturated carbocycles. The van der Waals surface area contributed by atoms with E-state index in [1.54, 1.807) is 0 Å². The number of aryl methyl sites for hydroxylation is 1. The Kier molecular flexibility index (Phi) is 13.2. The van der Waals surface area contributed by atoms with Gasteiger partial charge in [-0.15, -0.1) is 6.92 Å². The van der Waals surface area contributed by atoms with E-state index >= 15 is 0 Å². The molecule has 0 spiro atoms. The van der Waals surface area contributed by atoms with Gasteiger partial charge < -0.3 is 29.4 Å². The van der Waals surface area contributed by atoms with Crippen molar-refractivity contribution in [1.82, 2.24) is 10.2 Å². The monoisotopic (exact) mass is 529 g/mol. The quantitative estimate of drug-likeness (QED) is 0.310. The summed E-state index contributed by atoms with van der Waals surface area (Å²) in [6.45, 7) is 6.18. The topological polar surface area (TPSA) is 27.0 Å². The molecule has 1 rings (SSSR count). The fraction of sp³-hybridized carbons (Fsp3) is 0.571. The second-order valence-corrected chi connectivity index (χ2v) is 2.47. The molecule has 2 nitrogen and oxygen atoms in total. The Morgan fingerprint density at radius 1 is 1.33 bits per heavy atom. The normalized spacial score (nSPS) is 8.00.